The van der Waals surface area contributed by atoms with Gasteiger partial charge in [-0.25, -0.2) is 0 Å². The second-order valence-electron chi connectivity index (χ2n) is 7.32. The number of thiol groups is 2. The molecule has 4 aromatic rings. The number of hydrogen-bond acceptors (Lipinski definition) is 4. The van der Waals surface area contributed by atoms with Gasteiger partial charge in [-0.2, -0.15) is 0 Å². The van der Waals surface area contributed by atoms with E-state index < -0.39 is 0 Å². The first-order valence-electron chi connectivity index (χ1n) is 10.1. The minimum absolute atomic E-state index is 0.259. The first-order chi connectivity index (χ1) is 15.5. The van der Waals surface area contributed by atoms with Crippen molar-refractivity contribution in [1.82, 2.24) is 0 Å². The van der Waals surface area contributed by atoms with Gasteiger partial charge < -0.3 is 10.6 Å². The molecular weight excluding hydrogens is 475 g/mol. The summed E-state index contributed by atoms with van der Waals surface area (Å²) in [5.41, 5.74) is 3.69. The third-order valence-electron chi connectivity index (χ3n) is 5.24. The van der Waals surface area contributed by atoms with Crippen LogP contribution in [0.1, 0.15) is 23.2 Å². The van der Waals surface area contributed by atoms with Crippen molar-refractivity contribution in [2.24, 2.45) is 0 Å². The Kier molecular flexibility index (Phi) is 7.59. The lowest BCUT2D eigenvalue weighted by Gasteiger charge is -2.33. The molecule has 4 aromatic carbocycles. The van der Waals surface area contributed by atoms with Gasteiger partial charge >= 0.3 is 0 Å². The van der Waals surface area contributed by atoms with Crippen molar-refractivity contribution in [3.05, 3.63) is 118 Å². The van der Waals surface area contributed by atoms with Crippen molar-refractivity contribution >= 4 is 59.8 Å². The molecule has 0 aromatic heterocycles. The average Bonchev–Trinajstić information content (AvgIpc) is 2.80. The van der Waals surface area contributed by atoms with Crippen molar-refractivity contribution in [2.45, 2.75) is 21.9 Å². The molecule has 162 valence electrons. The Morgan fingerprint density at radius 2 is 0.844 bits per heavy atom. The predicted octanol–water partition coefficient (Wildman–Crippen LogP) is 8.58. The number of halogens is 2. The Bertz CT molecular complexity index is 1120. The van der Waals surface area contributed by atoms with Crippen molar-refractivity contribution in [3.63, 3.8) is 0 Å². The highest BCUT2D eigenvalue weighted by molar-refractivity contribution is 7.80. The molecule has 0 aliphatic carbocycles. The minimum atomic E-state index is -0.259. The highest BCUT2D eigenvalue weighted by atomic mass is 35.5. The van der Waals surface area contributed by atoms with E-state index in [9.17, 15) is 0 Å². The Balaban J connectivity index is 1.87. The van der Waals surface area contributed by atoms with E-state index in [1.54, 1.807) is 0 Å². The number of nitrogens with one attached hydrogen (secondary N) is 2. The van der Waals surface area contributed by atoms with Crippen molar-refractivity contribution in [2.75, 3.05) is 10.6 Å². The normalized spacial score (nSPS) is 12.8. The summed E-state index contributed by atoms with van der Waals surface area (Å²) in [5, 5.41) is 8.66. The summed E-state index contributed by atoms with van der Waals surface area (Å²) in [6, 6.07) is 30.9. The Morgan fingerprint density at radius 3 is 1.22 bits per heavy atom. The zero-order valence-electron chi connectivity index (χ0n) is 17.0. The highest BCUT2D eigenvalue weighted by Gasteiger charge is 2.29. The van der Waals surface area contributed by atoms with E-state index in [4.69, 9.17) is 23.2 Å². The predicted molar refractivity (Wildman–Crippen MR) is 143 cm³/mol. The molecule has 4 rings (SSSR count). The van der Waals surface area contributed by atoms with E-state index in [2.05, 4.69) is 35.9 Å². The Labute approximate surface area is 209 Å². The smallest absolute Gasteiger partial charge is 0.0772 e. The zero-order valence-corrected chi connectivity index (χ0v) is 20.3. The first-order valence-corrected chi connectivity index (χ1v) is 11.8. The van der Waals surface area contributed by atoms with E-state index in [-0.39, 0.29) is 12.1 Å². The van der Waals surface area contributed by atoms with Crippen LogP contribution in [0, 0.1) is 0 Å². The van der Waals surface area contributed by atoms with Gasteiger partial charge in [-0.3, -0.25) is 0 Å². The van der Waals surface area contributed by atoms with Crippen LogP contribution < -0.4 is 10.6 Å². The molecule has 0 amide bonds. The van der Waals surface area contributed by atoms with Crippen LogP contribution in [0.2, 0.25) is 10.0 Å². The number of rotatable bonds is 7. The number of benzene rings is 4. The molecular formula is C26H22Cl2N2S2. The molecule has 0 spiro atoms. The van der Waals surface area contributed by atoms with Crippen LogP contribution >= 0.6 is 48.5 Å². The van der Waals surface area contributed by atoms with E-state index >= 15 is 0 Å². The van der Waals surface area contributed by atoms with Crippen LogP contribution in [-0.2, 0) is 0 Å². The van der Waals surface area contributed by atoms with Crippen molar-refractivity contribution in [3.8, 4) is 0 Å². The van der Waals surface area contributed by atoms with Crippen LogP contribution in [0.3, 0.4) is 0 Å². The Morgan fingerprint density at radius 1 is 0.500 bits per heavy atom. The van der Waals surface area contributed by atoms with Crippen molar-refractivity contribution < 1.29 is 0 Å². The topological polar surface area (TPSA) is 24.1 Å². The van der Waals surface area contributed by atoms with Gasteiger partial charge in [0.05, 0.1) is 12.1 Å². The molecule has 0 heterocycles. The molecule has 0 saturated heterocycles. The average molecular weight is 498 g/mol. The maximum Gasteiger partial charge on any atom is 0.0772 e. The van der Waals surface area contributed by atoms with Crippen LogP contribution in [0.15, 0.2) is 107 Å². The third-order valence-corrected chi connectivity index (χ3v) is 6.71. The lowest BCUT2D eigenvalue weighted by Crippen LogP contribution is -2.26. The molecule has 2 N–H and O–H groups in total. The van der Waals surface area contributed by atoms with Gasteiger partial charge in [0.15, 0.2) is 0 Å². The van der Waals surface area contributed by atoms with E-state index in [1.807, 2.05) is 97.1 Å². The molecule has 0 aliphatic rings. The van der Waals surface area contributed by atoms with Gasteiger partial charge in [0.1, 0.15) is 0 Å². The second-order valence-corrected chi connectivity index (χ2v) is 9.10. The molecule has 0 bridgehead atoms. The van der Waals surface area contributed by atoms with E-state index in [0.29, 0.717) is 10.0 Å². The number of para-hydroxylation sites is 2. The fourth-order valence-corrected chi connectivity index (χ4v) is 4.62. The monoisotopic (exact) mass is 496 g/mol. The standard InChI is InChI=1S/C26H22Cl2N2S2/c27-19-11-3-1-9-17(19)25(29-21-13-5-7-15-23(21)31)26(18-10-2-4-12-20(18)28)30-22-14-6-8-16-24(22)32/h1-16,25-26,29-32H. The maximum atomic E-state index is 6.70. The van der Waals surface area contributed by atoms with Crippen LogP contribution in [0.4, 0.5) is 11.4 Å². The molecule has 6 heteroatoms. The maximum absolute atomic E-state index is 6.70. The minimum Gasteiger partial charge on any atom is -0.375 e. The van der Waals surface area contributed by atoms with E-state index in [1.165, 1.54) is 0 Å². The fraction of sp³-hybridized carbons (Fsp3) is 0.0769. The molecule has 2 unspecified atom stereocenters. The molecule has 0 radical (unpaired) electrons. The first kappa shape index (κ1) is 22.9. The molecule has 32 heavy (non-hydrogen) atoms. The summed E-state index contributed by atoms with van der Waals surface area (Å²) >= 11 is 22.7. The summed E-state index contributed by atoms with van der Waals surface area (Å²) < 4.78 is 0. The summed E-state index contributed by atoms with van der Waals surface area (Å²) in [6.45, 7) is 0. The Hall–Kier alpha value is -2.24. The van der Waals surface area contributed by atoms with Crippen molar-refractivity contribution in [1.29, 1.82) is 0 Å². The summed E-state index contributed by atoms with van der Waals surface area (Å²) in [7, 11) is 0. The summed E-state index contributed by atoms with van der Waals surface area (Å²) in [5.74, 6) is 0. The summed E-state index contributed by atoms with van der Waals surface area (Å²) in [6.07, 6.45) is 0. The number of anilines is 2. The van der Waals surface area contributed by atoms with Gasteiger partial charge in [-0.15, -0.1) is 25.3 Å². The van der Waals surface area contributed by atoms with Gasteiger partial charge in [0.2, 0.25) is 0 Å². The zero-order chi connectivity index (χ0) is 22.5. The fourth-order valence-electron chi connectivity index (χ4n) is 3.66. The lowest BCUT2D eigenvalue weighted by molar-refractivity contribution is 0.647. The van der Waals surface area contributed by atoms with Gasteiger partial charge in [0.25, 0.3) is 0 Å². The SMILES string of the molecule is Sc1ccccc1NC(c1ccccc1Cl)C(Nc1ccccc1S)c1ccccc1Cl. The van der Waals surface area contributed by atoms with Gasteiger partial charge in [0, 0.05) is 31.2 Å². The number of hydrogen-bond donors (Lipinski definition) is 4. The second kappa shape index (κ2) is 10.6. The van der Waals surface area contributed by atoms with Crippen LogP contribution in [0.5, 0.6) is 0 Å². The van der Waals surface area contributed by atoms with E-state index in [0.717, 1.165) is 32.3 Å². The van der Waals surface area contributed by atoms with Crippen LogP contribution in [0.25, 0.3) is 0 Å². The molecule has 0 fully saturated rings. The quantitative estimate of drug-likeness (QED) is 0.192. The highest BCUT2D eigenvalue weighted by Crippen LogP contribution is 2.41. The molecule has 2 nitrogen and oxygen atoms in total. The summed E-state index contributed by atoms with van der Waals surface area (Å²) in [4.78, 5) is 1.69. The molecule has 0 saturated carbocycles. The van der Waals surface area contributed by atoms with Gasteiger partial charge in [-0.1, -0.05) is 83.9 Å². The molecule has 0 aliphatic heterocycles. The lowest BCUT2D eigenvalue weighted by atomic mass is 9.92. The third kappa shape index (κ3) is 5.21. The largest absolute Gasteiger partial charge is 0.375 e. The molecule has 2 atom stereocenters. The van der Waals surface area contributed by atoms with Crippen LogP contribution in [-0.4, -0.2) is 0 Å². The van der Waals surface area contributed by atoms with Gasteiger partial charge in [-0.05, 0) is 47.5 Å².